The molecule has 0 heterocycles. The Morgan fingerprint density at radius 2 is 1.68 bits per heavy atom. The second-order valence-electron chi connectivity index (χ2n) is 7.48. The summed E-state index contributed by atoms with van der Waals surface area (Å²) in [5.41, 5.74) is 3.09. The van der Waals surface area contributed by atoms with E-state index in [-0.39, 0.29) is 11.8 Å². The van der Waals surface area contributed by atoms with Crippen molar-refractivity contribution in [1.82, 2.24) is 5.32 Å². The molecule has 0 fully saturated rings. The molecule has 2 amide bonds. The molecule has 2 aromatic rings. The smallest absolute Gasteiger partial charge is 0.265 e. The van der Waals surface area contributed by atoms with Crippen LogP contribution in [-0.2, 0) is 4.79 Å². The third-order valence-corrected chi connectivity index (χ3v) is 4.24. The van der Waals surface area contributed by atoms with Gasteiger partial charge in [-0.05, 0) is 61.6 Å². The number of benzene rings is 2. The number of amides is 2. The summed E-state index contributed by atoms with van der Waals surface area (Å²) in [7, 11) is 0. The number of hydrogen-bond donors (Lipinski definition) is 2. The summed E-state index contributed by atoms with van der Waals surface area (Å²) in [5, 5.41) is 5.74. The van der Waals surface area contributed by atoms with Crippen LogP contribution < -0.4 is 15.4 Å². The highest BCUT2D eigenvalue weighted by atomic mass is 16.5. The van der Waals surface area contributed by atoms with Crippen LogP contribution in [-0.4, -0.2) is 24.5 Å². The molecule has 150 valence electrons. The van der Waals surface area contributed by atoms with Gasteiger partial charge in [0.2, 0.25) is 0 Å². The number of ether oxygens (including phenoxy) is 1. The number of hydrogen-bond acceptors (Lipinski definition) is 3. The van der Waals surface area contributed by atoms with E-state index in [1.54, 1.807) is 24.3 Å². The molecule has 1 atom stereocenters. The van der Waals surface area contributed by atoms with Crippen LogP contribution in [0.15, 0.2) is 42.5 Å². The summed E-state index contributed by atoms with van der Waals surface area (Å²) in [4.78, 5) is 25.3. The van der Waals surface area contributed by atoms with Crippen molar-refractivity contribution in [1.29, 1.82) is 0 Å². The number of rotatable bonds is 8. The van der Waals surface area contributed by atoms with Crippen LogP contribution in [0, 0.1) is 19.8 Å². The van der Waals surface area contributed by atoms with E-state index in [1.165, 1.54) is 0 Å². The van der Waals surface area contributed by atoms with Gasteiger partial charge in [0.15, 0.2) is 6.10 Å². The molecule has 0 spiro atoms. The van der Waals surface area contributed by atoms with E-state index in [2.05, 4.69) is 16.7 Å². The normalized spacial score (nSPS) is 11.8. The first kappa shape index (κ1) is 21.5. The Balaban J connectivity index is 2.13. The molecule has 0 unspecified atom stereocenters. The number of carbonyl (C=O) groups is 2. The van der Waals surface area contributed by atoms with Gasteiger partial charge in [-0.1, -0.05) is 39.0 Å². The molecule has 5 nitrogen and oxygen atoms in total. The number of carbonyl (C=O) groups excluding carboxylic acids is 2. The van der Waals surface area contributed by atoms with Crippen molar-refractivity contribution in [2.45, 2.75) is 47.1 Å². The standard InChI is InChI=1S/C23H30N2O3/c1-6-21(28-18-12-16(4)11-17(5)13-18)23(27)25-20-10-8-7-9-19(20)22(26)24-14-15(2)3/h7-13,15,21H,6,14H2,1-5H3,(H,24,26)(H,25,27)/t21-/m1/s1. The minimum Gasteiger partial charge on any atom is -0.481 e. The van der Waals surface area contributed by atoms with E-state index in [9.17, 15) is 9.59 Å². The fourth-order valence-electron chi connectivity index (χ4n) is 2.88. The molecule has 0 aliphatic carbocycles. The maximum Gasteiger partial charge on any atom is 0.265 e. The summed E-state index contributed by atoms with van der Waals surface area (Å²) < 4.78 is 5.93. The Morgan fingerprint density at radius 1 is 1.04 bits per heavy atom. The van der Waals surface area contributed by atoms with Gasteiger partial charge >= 0.3 is 0 Å². The van der Waals surface area contributed by atoms with Crippen LogP contribution in [0.1, 0.15) is 48.7 Å². The summed E-state index contributed by atoms with van der Waals surface area (Å²) in [6.07, 6.45) is -0.131. The lowest BCUT2D eigenvalue weighted by molar-refractivity contribution is -0.122. The molecule has 0 aliphatic heterocycles. The maximum atomic E-state index is 12.8. The third-order valence-electron chi connectivity index (χ3n) is 4.24. The Bertz CT molecular complexity index is 810. The molecule has 28 heavy (non-hydrogen) atoms. The average molecular weight is 383 g/mol. The van der Waals surface area contributed by atoms with E-state index in [1.807, 2.05) is 46.8 Å². The van der Waals surface area contributed by atoms with Crippen molar-refractivity contribution in [3.63, 3.8) is 0 Å². The number of anilines is 1. The lowest BCUT2D eigenvalue weighted by atomic mass is 10.1. The first-order valence-electron chi connectivity index (χ1n) is 9.73. The van der Waals surface area contributed by atoms with Crippen LogP contribution in [0.3, 0.4) is 0 Å². The minimum absolute atomic E-state index is 0.201. The lowest BCUT2D eigenvalue weighted by Gasteiger charge is -2.19. The molecule has 2 rings (SSSR count). The van der Waals surface area contributed by atoms with Gasteiger partial charge in [0.05, 0.1) is 11.3 Å². The first-order chi connectivity index (χ1) is 13.3. The van der Waals surface area contributed by atoms with Gasteiger partial charge in [-0.2, -0.15) is 0 Å². The van der Waals surface area contributed by atoms with Crippen LogP contribution in [0.5, 0.6) is 5.75 Å². The molecule has 0 aliphatic rings. The zero-order valence-electron chi connectivity index (χ0n) is 17.3. The van der Waals surface area contributed by atoms with E-state index in [0.717, 1.165) is 11.1 Å². The van der Waals surface area contributed by atoms with Gasteiger partial charge in [0.25, 0.3) is 11.8 Å². The highest BCUT2D eigenvalue weighted by Crippen LogP contribution is 2.20. The zero-order chi connectivity index (χ0) is 20.7. The lowest BCUT2D eigenvalue weighted by Crippen LogP contribution is -2.34. The second kappa shape index (κ2) is 9.93. The molecule has 2 N–H and O–H groups in total. The van der Waals surface area contributed by atoms with Crippen molar-refractivity contribution in [2.75, 3.05) is 11.9 Å². The predicted molar refractivity (Wildman–Crippen MR) is 113 cm³/mol. The van der Waals surface area contributed by atoms with E-state index >= 15 is 0 Å². The summed E-state index contributed by atoms with van der Waals surface area (Å²) >= 11 is 0. The Hall–Kier alpha value is -2.82. The van der Waals surface area contributed by atoms with E-state index in [0.29, 0.717) is 35.9 Å². The van der Waals surface area contributed by atoms with Gasteiger partial charge in [0, 0.05) is 6.54 Å². The number of nitrogens with one attached hydrogen (secondary N) is 2. The van der Waals surface area contributed by atoms with E-state index < -0.39 is 6.10 Å². The van der Waals surface area contributed by atoms with Gasteiger partial charge in [-0.15, -0.1) is 0 Å². The fourth-order valence-corrected chi connectivity index (χ4v) is 2.88. The first-order valence-corrected chi connectivity index (χ1v) is 9.73. The van der Waals surface area contributed by atoms with Crippen LogP contribution in [0.4, 0.5) is 5.69 Å². The molecule has 2 aromatic carbocycles. The van der Waals surface area contributed by atoms with Crippen LogP contribution >= 0.6 is 0 Å². The van der Waals surface area contributed by atoms with Gasteiger partial charge in [-0.25, -0.2) is 0 Å². The largest absolute Gasteiger partial charge is 0.481 e. The SMILES string of the molecule is CC[C@@H](Oc1cc(C)cc(C)c1)C(=O)Nc1ccccc1C(=O)NCC(C)C. The van der Waals surface area contributed by atoms with Crippen molar-refractivity contribution < 1.29 is 14.3 Å². The quantitative estimate of drug-likeness (QED) is 0.707. The van der Waals surface area contributed by atoms with Crippen molar-refractivity contribution >= 4 is 17.5 Å². The molecule has 0 aromatic heterocycles. The van der Waals surface area contributed by atoms with Crippen molar-refractivity contribution in [3.05, 3.63) is 59.2 Å². The monoisotopic (exact) mass is 382 g/mol. The van der Waals surface area contributed by atoms with Crippen LogP contribution in [0.25, 0.3) is 0 Å². The Kier molecular flexibility index (Phi) is 7.61. The number of aryl methyl sites for hydroxylation is 2. The molecule has 0 radical (unpaired) electrons. The summed E-state index contributed by atoms with van der Waals surface area (Å²) in [5.74, 6) is 0.544. The van der Waals surface area contributed by atoms with Crippen molar-refractivity contribution in [3.8, 4) is 5.75 Å². The molecular formula is C23H30N2O3. The summed E-state index contributed by atoms with van der Waals surface area (Å²) in [6, 6.07) is 12.9. The second-order valence-corrected chi connectivity index (χ2v) is 7.48. The molecule has 0 saturated carbocycles. The topological polar surface area (TPSA) is 67.4 Å². The fraction of sp³-hybridized carbons (Fsp3) is 0.391. The third kappa shape index (κ3) is 6.12. The molecule has 5 heteroatoms. The maximum absolute atomic E-state index is 12.8. The van der Waals surface area contributed by atoms with Crippen LogP contribution in [0.2, 0.25) is 0 Å². The van der Waals surface area contributed by atoms with Gasteiger partial charge < -0.3 is 15.4 Å². The average Bonchev–Trinajstić information content (AvgIpc) is 2.63. The van der Waals surface area contributed by atoms with E-state index in [4.69, 9.17) is 4.74 Å². The highest BCUT2D eigenvalue weighted by Gasteiger charge is 2.21. The zero-order valence-corrected chi connectivity index (χ0v) is 17.3. The Morgan fingerprint density at radius 3 is 2.29 bits per heavy atom. The minimum atomic E-state index is -0.645. The molecular weight excluding hydrogens is 352 g/mol. The number of para-hydroxylation sites is 1. The molecule has 0 saturated heterocycles. The van der Waals surface area contributed by atoms with Gasteiger partial charge in [0.1, 0.15) is 5.75 Å². The predicted octanol–water partition coefficient (Wildman–Crippen LogP) is 4.49. The van der Waals surface area contributed by atoms with Crippen molar-refractivity contribution in [2.24, 2.45) is 5.92 Å². The summed E-state index contributed by atoms with van der Waals surface area (Å²) in [6.45, 7) is 10.5. The molecule has 0 bridgehead atoms. The van der Waals surface area contributed by atoms with Gasteiger partial charge in [-0.3, -0.25) is 9.59 Å². The highest BCUT2D eigenvalue weighted by molar-refractivity contribution is 6.04. The Labute approximate surface area is 167 Å².